The Balaban J connectivity index is 1.26. The van der Waals surface area contributed by atoms with E-state index in [1.807, 2.05) is 6.07 Å². The zero-order valence-electron chi connectivity index (χ0n) is 19.6. The Kier molecular flexibility index (Phi) is 8.01. The SMILES string of the molecule is CC1CCN(C(=O)CN2CCC([C@@H]3CC=CCN(CCc4ccccc4)C3=O)CC2)CC1. The molecule has 0 N–H and O–H groups in total. The van der Waals surface area contributed by atoms with Crippen LogP contribution in [0.15, 0.2) is 42.5 Å². The monoisotopic (exact) mass is 437 g/mol. The number of piperidine rings is 2. The molecule has 174 valence electrons. The third-order valence-electron chi connectivity index (χ3n) is 7.72. The lowest BCUT2D eigenvalue weighted by Gasteiger charge is -2.37. The van der Waals surface area contributed by atoms with Gasteiger partial charge in [-0.1, -0.05) is 49.4 Å². The standard InChI is InChI=1S/C27H39N3O2/c1-22-10-18-29(19-11-22)26(31)21-28-16-13-24(14-17-28)25-9-5-6-15-30(27(25)32)20-12-23-7-3-2-4-8-23/h2-8,22,24-25H,9-21H2,1H3/t25-/m0/s1. The van der Waals surface area contributed by atoms with E-state index in [2.05, 4.69) is 58.0 Å². The van der Waals surface area contributed by atoms with E-state index >= 15 is 0 Å². The van der Waals surface area contributed by atoms with Crippen molar-refractivity contribution in [1.82, 2.24) is 14.7 Å². The number of carbonyl (C=O) groups is 2. The molecule has 2 amide bonds. The van der Waals surface area contributed by atoms with Gasteiger partial charge in [-0.15, -0.1) is 0 Å². The lowest BCUT2D eigenvalue weighted by atomic mass is 9.81. The van der Waals surface area contributed by atoms with Gasteiger partial charge in [-0.2, -0.15) is 0 Å². The number of nitrogens with zero attached hydrogens (tertiary/aromatic N) is 3. The van der Waals surface area contributed by atoms with Gasteiger partial charge >= 0.3 is 0 Å². The van der Waals surface area contributed by atoms with E-state index in [9.17, 15) is 9.59 Å². The Morgan fingerprint density at radius 3 is 2.41 bits per heavy atom. The van der Waals surface area contributed by atoms with Crippen LogP contribution in [0.5, 0.6) is 0 Å². The first kappa shape index (κ1) is 23.0. The van der Waals surface area contributed by atoms with Crippen LogP contribution in [0.1, 0.15) is 44.6 Å². The van der Waals surface area contributed by atoms with Gasteiger partial charge in [-0.3, -0.25) is 14.5 Å². The molecule has 5 nitrogen and oxygen atoms in total. The van der Waals surface area contributed by atoms with Crippen LogP contribution in [0.4, 0.5) is 0 Å². The largest absolute Gasteiger partial charge is 0.342 e. The maximum Gasteiger partial charge on any atom is 0.236 e. The quantitative estimate of drug-likeness (QED) is 0.639. The summed E-state index contributed by atoms with van der Waals surface area (Å²) in [5, 5.41) is 0. The van der Waals surface area contributed by atoms with Crippen LogP contribution >= 0.6 is 0 Å². The minimum atomic E-state index is 0.0888. The molecule has 3 aliphatic rings. The van der Waals surface area contributed by atoms with Crippen molar-refractivity contribution in [2.24, 2.45) is 17.8 Å². The summed E-state index contributed by atoms with van der Waals surface area (Å²) in [6, 6.07) is 10.4. The molecule has 0 aliphatic carbocycles. The van der Waals surface area contributed by atoms with Crippen molar-refractivity contribution < 1.29 is 9.59 Å². The highest BCUT2D eigenvalue weighted by Crippen LogP contribution is 2.31. The van der Waals surface area contributed by atoms with Crippen molar-refractivity contribution in [1.29, 1.82) is 0 Å². The molecule has 2 fully saturated rings. The van der Waals surface area contributed by atoms with Gasteiger partial charge in [0.1, 0.15) is 0 Å². The van der Waals surface area contributed by atoms with Gasteiger partial charge in [0.15, 0.2) is 0 Å². The number of allylic oxidation sites excluding steroid dienone is 1. The maximum atomic E-state index is 13.4. The average molecular weight is 438 g/mol. The zero-order valence-corrected chi connectivity index (χ0v) is 19.6. The highest BCUT2D eigenvalue weighted by atomic mass is 16.2. The van der Waals surface area contributed by atoms with Gasteiger partial charge in [0.2, 0.25) is 11.8 Å². The zero-order chi connectivity index (χ0) is 22.3. The molecular formula is C27H39N3O2. The van der Waals surface area contributed by atoms with E-state index < -0.39 is 0 Å². The second-order valence-electron chi connectivity index (χ2n) is 10.0. The predicted molar refractivity (Wildman–Crippen MR) is 128 cm³/mol. The molecule has 1 aromatic carbocycles. The molecule has 3 aliphatic heterocycles. The van der Waals surface area contributed by atoms with E-state index in [1.54, 1.807) is 0 Å². The van der Waals surface area contributed by atoms with E-state index in [0.717, 1.165) is 83.7 Å². The van der Waals surface area contributed by atoms with E-state index in [-0.39, 0.29) is 11.8 Å². The van der Waals surface area contributed by atoms with Crippen molar-refractivity contribution >= 4 is 11.8 Å². The third-order valence-corrected chi connectivity index (χ3v) is 7.72. The Morgan fingerprint density at radius 2 is 1.69 bits per heavy atom. The predicted octanol–water partition coefficient (Wildman–Crippen LogP) is 3.60. The van der Waals surface area contributed by atoms with Crippen LogP contribution in [0.2, 0.25) is 0 Å². The second kappa shape index (κ2) is 11.1. The number of carbonyl (C=O) groups excluding carboxylic acids is 2. The summed E-state index contributed by atoms with van der Waals surface area (Å²) >= 11 is 0. The first-order valence-electron chi connectivity index (χ1n) is 12.6. The van der Waals surface area contributed by atoms with E-state index in [4.69, 9.17) is 0 Å². The van der Waals surface area contributed by atoms with Crippen LogP contribution in [0, 0.1) is 17.8 Å². The molecule has 5 heteroatoms. The molecule has 1 atom stereocenters. The van der Waals surface area contributed by atoms with Gasteiger partial charge in [-0.25, -0.2) is 0 Å². The summed E-state index contributed by atoms with van der Waals surface area (Å²) in [6.07, 6.45) is 10.4. The third kappa shape index (κ3) is 6.00. The maximum absolute atomic E-state index is 13.4. The molecule has 0 unspecified atom stereocenters. The molecule has 2 saturated heterocycles. The van der Waals surface area contributed by atoms with Crippen molar-refractivity contribution in [3.63, 3.8) is 0 Å². The number of amides is 2. The number of rotatable bonds is 6. The Bertz CT molecular complexity index is 777. The lowest BCUT2D eigenvalue weighted by Crippen LogP contribution is -2.47. The van der Waals surface area contributed by atoms with Crippen LogP contribution in [0.3, 0.4) is 0 Å². The second-order valence-corrected chi connectivity index (χ2v) is 10.0. The molecule has 32 heavy (non-hydrogen) atoms. The molecule has 0 saturated carbocycles. The van der Waals surface area contributed by atoms with Crippen LogP contribution in [-0.4, -0.2) is 72.3 Å². The number of likely N-dealkylation sites (tertiary alicyclic amines) is 2. The van der Waals surface area contributed by atoms with Gasteiger partial charge < -0.3 is 9.80 Å². The molecule has 4 rings (SSSR count). The van der Waals surface area contributed by atoms with Crippen LogP contribution in [-0.2, 0) is 16.0 Å². The van der Waals surface area contributed by atoms with Crippen molar-refractivity contribution in [2.75, 3.05) is 45.8 Å². The molecule has 0 spiro atoms. The fourth-order valence-corrected chi connectivity index (χ4v) is 5.44. The highest BCUT2D eigenvalue weighted by molar-refractivity contribution is 5.80. The summed E-state index contributed by atoms with van der Waals surface area (Å²) in [4.78, 5) is 32.5. The minimum absolute atomic E-state index is 0.0888. The van der Waals surface area contributed by atoms with Gasteiger partial charge in [0.25, 0.3) is 0 Å². The van der Waals surface area contributed by atoms with Crippen LogP contribution < -0.4 is 0 Å². The fraction of sp³-hybridized carbons (Fsp3) is 0.630. The molecule has 0 bridgehead atoms. The highest BCUT2D eigenvalue weighted by Gasteiger charge is 2.34. The van der Waals surface area contributed by atoms with Crippen molar-refractivity contribution in [3.05, 3.63) is 48.0 Å². The number of hydrogen-bond acceptors (Lipinski definition) is 3. The number of benzene rings is 1. The minimum Gasteiger partial charge on any atom is -0.342 e. The molecule has 3 heterocycles. The van der Waals surface area contributed by atoms with Crippen LogP contribution in [0.25, 0.3) is 0 Å². The van der Waals surface area contributed by atoms with E-state index in [1.165, 1.54) is 5.56 Å². The summed E-state index contributed by atoms with van der Waals surface area (Å²) in [5.41, 5.74) is 1.28. The fourth-order valence-electron chi connectivity index (χ4n) is 5.44. The topological polar surface area (TPSA) is 43.9 Å². The number of hydrogen-bond donors (Lipinski definition) is 0. The van der Waals surface area contributed by atoms with Crippen molar-refractivity contribution in [3.8, 4) is 0 Å². The first-order valence-corrected chi connectivity index (χ1v) is 12.6. The van der Waals surface area contributed by atoms with Gasteiger partial charge in [0.05, 0.1) is 6.54 Å². The molecular weight excluding hydrogens is 398 g/mol. The molecule has 0 aromatic heterocycles. The summed E-state index contributed by atoms with van der Waals surface area (Å²) in [6.45, 7) is 8.02. The first-order chi connectivity index (χ1) is 15.6. The smallest absolute Gasteiger partial charge is 0.236 e. The molecule has 0 radical (unpaired) electrons. The molecule has 1 aromatic rings. The van der Waals surface area contributed by atoms with Gasteiger partial charge in [0, 0.05) is 32.1 Å². The van der Waals surface area contributed by atoms with Crippen molar-refractivity contribution in [2.45, 2.75) is 45.4 Å². The normalized spacial score (nSPS) is 24.0. The lowest BCUT2D eigenvalue weighted by molar-refractivity contribution is -0.138. The Hall–Kier alpha value is -2.14. The van der Waals surface area contributed by atoms with E-state index in [0.29, 0.717) is 18.4 Å². The summed E-state index contributed by atoms with van der Waals surface area (Å²) in [5.74, 6) is 1.87. The average Bonchev–Trinajstić information content (AvgIpc) is 3.00. The Labute approximate surface area is 193 Å². The summed E-state index contributed by atoms with van der Waals surface area (Å²) in [7, 11) is 0. The van der Waals surface area contributed by atoms with Gasteiger partial charge in [-0.05, 0) is 69.0 Å². The Morgan fingerprint density at radius 1 is 0.969 bits per heavy atom. The summed E-state index contributed by atoms with van der Waals surface area (Å²) < 4.78 is 0.